The van der Waals surface area contributed by atoms with E-state index in [1.54, 1.807) is 0 Å². The first kappa shape index (κ1) is 19.7. The van der Waals surface area contributed by atoms with Crippen LogP contribution in [0.3, 0.4) is 0 Å². The Bertz CT molecular complexity index is 603. The molecule has 2 aromatic rings. The van der Waals surface area contributed by atoms with Crippen LogP contribution in [0.5, 0.6) is 0 Å². The van der Waals surface area contributed by atoms with E-state index >= 15 is 0 Å². The third-order valence-corrected chi connectivity index (χ3v) is 4.05. The number of hydrogen-bond acceptors (Lipinski definition) is 5. The third-order valence-electron chi connectivity index (χ3n) is 4.05. The molecule has 1 aliphatic rings. The van der Waals surface area contributed by atoms with Crippen molar-refractivity contribution < 1.29 is 38.2 Å². The summed E-state index contributed by atoms with van der Waals surface area (Å²) in [6.07, 6.45) is -1.27. The van der Waals surface area contributed by atoms with Crippen LogP contribution in [0, 0.1) is 0 Å². The van der Waals surface area contributed by atoms with Crippen LogP contribution in [-0.4, -0.2) is 36.4 Å². The summed E-state index contributed by atoms with van der Waals surface area (Å²) in [6.45, 7) is 2.09. The van der Waals surface area contributed by atoms with E-state index in [9.17, 15) is 9.90 Å². The fourth-order valence-electron chi connectivity index (χ4n) is 2.79. The second-order valence-electron chi connectivity index (χ2n) is 5.85. The average molecular weight is 333 g/mol. The summed E-state index contributed by atoms with van der Waals surface area (Å²) in [4.78, 5) is 13.1. The van der Waals surface area contributed by atoms with E-state index in [1.807, 2.05) is 36.4 Å². The van der Waals surface area contributed by atoms with Gasteiger partial charge in [0.05, 0.1) is 25.2 Å². The summed E-state index contributed by atoms with van der Waals surface area (Å²) in [5, 5.41) is 10.8. The van der Waals surface area contributed by atoms with Crippen molar-refractivity contribution in [2.45, 2.75) is 25.4 Å². The van der Waals surface area contributed by atoms with Gasteiger partial charge in [-0.3, -0.25) is 4.90 Å². The van der Waals surface area contributed by atoms with Crippen molar-refractivity contribution in [2.75, 3.05) is 13.2 Å². The summed E-state index contributed by atoms with van der Waals surface area (Å²) in [6, 6.07) is 20.3. The molecule has 1 heterocycles. The van der Waals surface area contributed by atoms with Gasteiger partial charge in [-0.1, -0.05) is 60.7 Å². The zero-order chi connectivity index (χ0) is 16.8. The van der Waals surface area contributed by atoms with E-state index in [0.29, 0.717) is 13.2 Å². The van der Waals surface area contributed by atoms with Crippen molar-refractivity contribution in [3.8, 4) is 0 Å². The van der Waals surface area contributed by atoms with E-state index in [2.05, 4.69) is 29.2 Å². The molecule has 1 saturated heterocycles. The summed E-state index contributed by atoms with van der Waals surface area (Å²) in [5.74, 6) is -1.33. The van der Waals surface area contributed by atoms with Gasteiger partial charge in [-0.05, 0) is 11.1 Å². The van der Waals surface area contributed by atoms with Crippen molar-refractivity contribution in [1.29, 1.82) is 0 Å². The maximum atomic E-state index is 10.8. The van der Waals surface area contributed by atoms with Crippen LogP contribution in [0.1, 0.15) is 11.1 Å². The van der Waals surface area contributed by atoms with Crippen LogP contribution in [0.25, 0.3) is 0 Å². The summed E-state index contributed by atoms with van der Waals surface area (Å²) < 4.78 is 10.6. The summed E-state index contributed by atoms with van der Waals surface area (Å²) in [7, 11) is 0. The molecule has 126 valence electrons. The van der Waals surface area contributed by atoms with Gasteiger partial charge in [0.2, 0.25) is 0 Å². The first-order valence-electron chi connectivity index (χ1n) is 7.98. The van der Waals surface area contributed by atoms with Gasteiger partial charge in [0.25, 0.3) is 0 Å². The zero-order valence-electron chi connectivity index (χ0n) is 14.3. The molecule has 0 amide bonds. The number of carbonyl (C=O) groups excluding carboxylic acids is 1. The number of nitrogens with zero attached hydrogens (tertiary/aromatic N) is 1. The molecular weight excluding hydrogens is 313 g/mol. The number of aliphatic carboxylic acids is 1. The summed E-state index contributed by atoms with van der Waals surface area (Å²) >= 11 is 0. The number of benzene rings is 2. The van der Waals surface area contributed by atoms with Crippen LogP contribution in [0.15, 0.2) is 60.7 Å². The minimum absolute atomic E-state index is 0. The second kappa shape index (κ2) is 9.76. The molecule has 0 spiro atoms. The zero-order valence-corrected chi connectivity index (χ0v) is 14.3. The Labute approximate surface area is 159 Å². The Morgan fingerprint density at radius 3 is 1.76 bits per heavy atom. The number of carboxylic acids is 1. The normalized spacial score (nSPS) is 20.0. The number of ether oxygens (including phenoxy) is 2. The van der Waals surface area contributed by atoms with E-state index in [1.165, 1.54) is 11.1 Å². The topological polar surface area (TPSA) is 61.8 Å². The van der Waals surface area contributed by atoms with Crippen molar-refractivity contribution in [3.63, 3.8) is 0 Å². The molecule has 25 heavy (non-hydrogen) atoms. The molecule has 5 nitrogen and oxygen atoms in total. The average Bonchev–Trinajstić information content (AvgIpc) is 2.63. The predicted molar refractivity (Wildman–Crippen MR) is 86.6 cm³/mol. The first-order chi connectivity index (χ1) is 11.7. The van der Waals surface area contributed by atoms with Gasteiger partial charge in [-0.15, -0.1) is 0 Å². The fraction of sp³-hybridized carbons (Fsp3) is 0.316. The largest absolute Gasteiger partial charge is 1.00 e. The monoisotopic (exact) mass is 333 g/mol. The van der Waals surface area contributed by atoms with Crippen LogP contribution in [-0.2, 0) is 27.4 Å². The minimum Gasteiger partial charge on any atom is -0.545 e. The van der Waals surface area contributed by atoms with E-state index < -0.39 is 12.3 Å². The van der Waals surface area contributed by atoms with Crippen LogP contribution >= 0.6 is 0 Å². The second-order valence-corrected chi connectivity index (χ2v) is 5.85. The molecule has 0 N–H and O–H groups in total. The molecule has 0 bridgehead atoms. The Morgan fingerprint density at radius 2 is 1.36 bits per heavy atom. The molecule has 0 radical (unpaired) electrons. The Morgan fingerprint density at radius 1 is 0.920 bits per heavy atom. The molecule has 0 aliphatic carbocycles. The van der Waals surface area contributed by atoms with Gasteiger partial charge >= 0.3 is 18.9 Å². The van der Waals surface area contributed by atoms with Crippen LogP contribution < -0.4 is 24.0 Å². The van der Waals surface area contributed by atoms with Gasteiger partial charge in [0.15, 0.2) is 6.29 Å². The number of rotatable bonds is 6. The Kier molecular flexibility index (Phi) is 7.70. The number of carbonyl (C=O) groups is 1. The smallest absolute Gasteiger partial charge is 0.545 e. The van der Waals surface area contributed by atoms with Gasteiger partial charge in [0, 0.05) is 13.1 Å². The SMILES string of the molecule is O=C([O-])C1OCC(N(Cc2ccccc2)Cc2ccccc2)CO1.[Li+]. The molecule has 2 aromatic carbocycles. The van der Waals surface area contributed by atoms with Crippen molar-refractivity contribution in [3.05, 3.63) is 71.8 Å². The summed E-state index contributed by atoms with van der Waals surface area (Å²) in [5.41, 5.74) is 2.38. The van der Waals surface area contributed by atoms with Crippen LogP contribution in [0.4, 0.5) is 0 Å². The Hall–Kier alpha value is -1.61. The van der Waals surface area contributed by atoms with Gasteiger partial charge in [-0.2, -0.15) is 0 Å². The molecule has 0 aromatic heterocycles. The van der Waals surface area contributed by atoms with E-state index in [-0.39, 0.29) is 24.9 Å². The number of hydrogen-bond donors (Lipinski definition) is 0. The molecule has 6 heteroatoms. The van der Waals surface area contributed by atoms with Crippen molar-refractivity contribution >= 4 is 5.97 Å². The van der Waals surface area contributed by atoms with Crippen molar-refractivity contribution in [2.24, 2.45) is 0 Å². The van der Waals surface area contributed by atoms with Crippen LogP contribution in [0.2, 0.25) is 0 Å². The number of carboxylic acid groups (broad SMARTS) is 1. The molecular formula is C19H20LiNO4. The maximum absolute atomic E-state index is 10.8. The molecule has 0 saturated carbocycles. The fourth-order valence-corrected chi connectivity index (χ4v) is 2.79. The van der Waals surface area contributed by atoms with Crippen molar-refractivity contribution in [1.82, 2.24) is 4.90 Å². The molecule has 0 unspecified atom stereocenters. The van der Waals surface area contributed by atoms with Gasteiger partial charge in [-0.25, -0.2) is 0 Å². The maximum Gasteiger partial charge on any atom is 1.00 e. The Balaban J connectivity index is 0.00000225. The molecule has 1 fully saturated rings. The quantitative estimate of drug-likeness (QED) is 0.583. The predicted octanol–water partition coefficient (Wildman–Crippen LogP) is -1.82. The molecule has 3 rings (SSSR count). The van der Waals surface area contributed by atoms with Gasteiger partial charge < -0.3 is 19.4 Å². The molecule has 1 aliphatic heterocycles. The standard InChI is InChI=1S/C19H21NO4.Li/c21-18(22)19-23-13-17(14-24-19)20(11-15-7-3-1-4-8-15)12-16-9-5-2-6-10-16;/h1-10,17,19H,11-14H2,(H,21,22);/q;+1/p-1. The van der Waals surface area contributed by atoms with E-state index in [4.69, 9.17) is 9.47 Å². The molecule has 0 atom stereocenters. The van der Waals surface area contributed by atoms with E-state index in [0.717, 1.165) is 13.1 Å². The third kappa shape index (κ3) is 5.70. The minimum atomic E-state index is -1.33. The van der Waals surface area contributed by atoms with Gasteiger partial charge in [0.1, 0.15) is 0 Å². The first-order valence-corrected chi connectivity index (χ1v) is 7.98.